The van der Waals surface area contributed by atoms with E-state index in [4.69, 9.17) is 4.74 Å². The second kappa shape index (κ2) is 8.24. The van der Waals surface area contributed by atoms with Crippen LogP contribution < -0.4 is 0 Å². The van der Waals surface area contributed by atoms with Crippen LogP contribution in [0.5, 0.6) is 0 Å². The fourth-order valence-corrected chi connectivity index (χ4v) is 0.787. The molecule has 3 nitrogen and oxygen atoms in total. The van der Waals surface area contributed by atoms with Gasteiger partial charge in [0.2, 0.25) is 0 Å². The summed E-state index contributed by atoms with van der Waals surface area (Å²) in [5.41, 5.74) is 0. The van der Waals surface area contributed by atoms with Crippen LogP contribution in [0.2, 0.25) is 0 Å². The molecule has 0 heterocycles. The SMILES string of the molecule is CCCCCOC(=O)CCC=O. The predicted molar refractivity (Wildman–Crippen MR) is 45.8 cm³/mol. The molecule has 70 valence electrons. The highest BCUT2D eigenvalue weighted by Gasteiger charge is 2.00. The van der Waals surface area contributed by atoms with Gasteiger partial charge < -0.3 is 9.53 Å². The minimum atomic E-state index is -0.266. The van der Waals surface area contributed by atoms with E-state index in [1.165, 1.54) is 0 Å². The van der Waals surface area contributed by atoms with E-state index in [1.807, 2.05) is 0 Å². The molecule has 0 atom stereocenters. The second-order valence-electron chi connectivity index (χ2n) is 2.63. The van der Waals surface area contributed by atoms with E-state index in [9.17, 15) is 9.59 Å². The third-order valence-electron chi connectivity index (χ3n) is 1.48. The third kappa shape index (κ3) is 7.25. The summed E-state index contributed by atoms with van der Waals surface area (Å²) in [4.78, 5) is 20.7. The number of carbonyl (C=O) groups excluding carboxylic acids is 2. The molecule has 0 aromatic heterocycles. The summed E-state index contributed by atoms with van der Waals surface area (Å²) in [5.74, 6) is -0.266. The van der Waals surface area contributed by atoms with Crippen molar-refractivity contribution in [3.8, 4) is 0 Å². The van der Waals surface area contributed by atoms with Crippen LogP contribution in [0.4, 0.5) is 0 Å². The van der Waals surface area contributed by atoms with E-state index >= 15 is 0 Å². The van der Waals surface area contributed by atoms with Crippen LogP contribution >= 0.6 is 0 Å². The molecule has 0 saturated carbocycles. The Morgan fingerprint density at radius 3 is 2.75 bits per heavy atom. The van der Waals surface area contributed by atoms with Crippen molar-refractivity contribution < 1.29 is 14.3 Å². The summed E-state index contributed by atoms with van der Waals surface area (Å²) in [5, 5.41) is 0. The lowest BCUT2D eigenvalue weighted by Gasteiger charge is -2.01. The van der Waals surface area contributed by atoms with Gasteiger partial charge >= 0.3 is 5.97 Å². The molecule has 0 aromatic carbocycles. The smallest absolute Gasteiger partial charge is 0.306 e. The normalized spacial score (nSPS) is 9.42. The summed E-state index contributed by atoms with van der Waals surface area (Å²) >= 11 is 0. The Morgan fingerprint density at radius 1 is 1.42 bits per heavy atom. The minimum absolute atomic E-state index is 0.218. The van der Waals surface area contributed by atoms with E-state index < -0.39 is 0 Å². The zero-order valence-electron chi connectivity index (χ0n) is 7.54. The molecule has 0 fully saturated rings. The Morgan fingerprint density at radius 2 is 2.17 bits per heavy atom. The van der Waals surface area contributed by atoms with Crippen molar-refractivity contribution in [1.29, 1.82) is 0 Å². The lowest BCUT2D eigenvalue weighted by atomic mass is 10.3. The zero-order valence-corrected chi connectivity index (χ0v) is 7.54. The first-order chi connectivity index (χ1) is 5.81. The molecule has 0 spiro atoms. The molecule has 0 aliphatic rings. The van der Waals surface area contributed by atoms with E-state index in [1.54, 1.807) is 0 Å². The van der Waals surface area contributed by atoms with Crippen molar-refractivity contribution in [2.75, 3.05) is 6.61 Å². The Labute approximate surface area is 73.1 Å². The molecule has 0 aliphatic carbocycles. The van der Waals surface area contributed by atoms with Gasteiger partial charge in [-0.25, -0.2) is 0 Å². The number of hydrogen-bond donors (Lipinski definition) is 0. The van der Waals surface area contributed by atoms with Crippen LogP contribution in [0.25, 0.3) is 0 Å². The van der Waals surface area contributed by atoms with E-state index in [0.29, 0.717) is 6.61 Å². The monoisotopic (exact) mass is 172 g/mol. The summed E-state index contributed by atoms with van der Waals surface area (Å²) < 4.78 is 4.85. The maximum Gasteiger partial charge on any atom is 0.306 e. The molecule has 0 saturated heterocycles. The zero-order chi connectivity index (χ0) is 9.23. The fraction of sp³-hybridized carbons (Fsp3) is 0.778. The number of rotatable bonds is 7. The molecule has 0 aromatic rings. The molecular weight excluding hydrogens is 156 g/mol. The topological polar surface area (TPSA) is 43.4 Å². The summed E-state index contributed by atoms with van der Waals surface area (Å²) in [6.07, 6.45) is 4.34. The first-order valence-electron chi connectivity index (χ1n) is 4.40. The number of aldehydes is 1. The largest absolute Gasteiger partial charge is 0.466 e. The molecule has 0 bridgehead atoms. The van der Waals surface area contributed by atoms with Crippen LogP contribution in [0.3, 0.4) is 0 Å². The van der Waals surface area contributed by atoms with Crippen molar-refractivity contribution in [3.05, 3.63) is 0 Å². The Bertz CT molecular complexity index is 132. The van der Waals surface area contributed by atoms with Gasteiger partial charge in [0.15, 0.2) is 0 Å². The molecule has 0 amide bonds. The van der Waals surface area contributed by atoms with Gasteiger partial charge in [-0.05, 0) is 6.42 Å². The van der Waals surface area contributed by atoms with Crippen molar-refractivity contribution in [1.82, 2.24) is 0 Å². The highest BCUT2D eigenvalue weighted by atomic mass is 16.5. The molecule has 0 rings (SSSR count). The molecule has 0 unspecified atom stereocenters. The molecular formula is C9H16O3. The molecule has 0 N–H and O–H groups in total. The summed E-state index contributed by atoms with van der Waals surface area (Å²) in [6.45, 7) is 2.58. The highest BCUT2D eigenvalue weighted by molar-refractivity contribution is 5.72. The molecule has 12 heavy (non-hydrogen) atoms. The van der Waals surface area contributed by atoms with Crippen LogP contribution in [0, 0.1) is 0 Å². The Balaban J connectivity index is 3.13. The lowest BCUT2D eigenvalue weighted by Crippen LogP contribution is -2.05. The Hall–Kier alpha value is -0.860. The van der Waals surface area contributed by atoms with Crippen LogP contribution in [0.1, 0.15) is 39.0 Å². The van der Waals surface area contributed by atoms with Gasteiger partial charge in [-0.2, -0.15) is 0 Å². The average Bonchev–Trinajstić information content (AvgIpc) is 2.09. The van der Waals surface area contributed by atoms with Crippen molar-refractivity contribution in [3.63, 3.8) is 0 Å². The fourth-order valence-electron chi connectivity index (χ4n) is 0.787. The average molecular weight is 172 g/mol. The van der Waals surface area contributed by atoms with Gasteiger partial charge in [-0.15, -0.1) is 0 Å². The maximum atomic E-state index is 10.8. The number of hydrogen-bond acceptors (Lipinski definition) is 3. The third-order valence-corrected chi connectivity index (χ3v) is 1.48. The molecule has 3 heteroatoms. The number of unbranched alkanes of at least 4 members (excludes halogenated alkanes) is 2. The predicted octanol–water partition coefficient (Wildman–Crippen LogP) is 1.70. The van der Waals surface area contributed by atoms with Crippen LogP contribution in [-0.2, 0) is 14.3 Å². The van der Waals surface area contributed by atoms with Crippen molar-refractivity contribution in [2.24, 2.45) is 0 Å². The quantitative estimate of drug-likeness (QED) is 0.333. The number of carbonyl (C=O) groups is 2. The van der Waals surface area contributed by atoms with Crippen LogP contribution in [-0.4, -0.2) is 18.9 Å². The van der Waals surface area contributed by atoms with E-state index in [-0.39, 0.29) is 18.8 Å². The van der Waals surface area contributed by atoms with Gasteiger partial charge in [-0.3, -0.25) is 4.79 Å². The van der Waals surface area contributed by atoms with Gasteiger partial charge in [0, 0.05) is 6.42 Å². The standard InChI is InChI=1S/C9H16O3/c1-2-3-4-8-12-9(11)6-5-7-10/h7H,2-6,8H2,1H3. The Kier molecular flexibility index (Phi) is 7.65. The van der Waals surface area contributed by atoms with Gasteiger partial charge in [0.25, 0.3) is 0 Å². The number of esters is 1. The van der Waals surface area contributed by atoms with Crippen molar-refractivity contribution in [2.45, 2.75) is 39.0 Å². The van der Waals surface area contributed by atoms with Crippen molar-refractivity contribution >= 4 is 12.3 Å². The lowest BCUT2D eigenvalue weighted by molar-refractivity contribution is -0.144. The van der Waals surface area contributed by atoms with Gasteiger partial charge in [0.05, 0.1) is 13.0 Å². The highest BCUT2D eigenvalue weighted by Crippen LogP contribution is 1.96. The molecule has 0 radical (unpaired) electrons. The van der Waals surface area contributed by atoms with Gasteiger partial charge in [-0.1, -0.05) is 19.8 Å². The second-order valence-corrected chi connectivity index (χ2v) is 2.63. The van der Waals surface area contributed by atoms with Gasteiger partial charge in [0.1, 0.15) is 6.29 Å². The molecule has 0 aliphatic heterocycles. The van der Waals surface area contributed by atoms with E-state index in [2.05, 4.69) is 6.92 Å². The number of ether oxygens (including phenoxy) is 1. The minimum Gasteiger partial charge on any atom is -0.466 e. The summed E-state index contributed by atoms with van der Waals surface area (Å²) in [6, 6.07) is 0. The van der Waals surface area contributed by atoms with E-state index in [0.717, 1.165) is 25.5 Å². The van der Waals surface area contributed by atoms with Crippen LogP contribution in [0.15, 0.2) is 0 Å². The maximum absolute atomic E-state index is 10.8. The summed E-state index contributed by atoms with van der Waals surface area (Å²) in [7, 11) is 0. The first-order valence-corrected chi connectivity index (χ1v) is 4.40. The first kappa shape index (κ1) is 11.1.